The Morgan fingerprint density at radius 3 is 3.07 bits per heavy atom. The summed E-state index contributed by atoms with van der Waals surface area (Å²) in [5.74, 6) is 0. The van der Waals surface area contributed by atoms with Gasteiger partial charge in [0.25, 0.3) is 0 Å². The summed E-state index contributed by atoms with van der Waals surface area (Å²) in [4.78, 5) is 17.1. The molecule has 0 amide bonds. The second-order valence-corrected chi connectivity index (χ2v) is 4.63. The van der Waals surface area contributed by atoms with E-state index in [1.807, 2.05) is 17.5 Å². The monoisotopic (exact) mass is 235 g/mol. The van der Waals surface area contributed by atoms with Gasteiger partial charge in [-0.05, 0) is 11.4 Å². The maximum Gasteiger partial charge on any atom is 0.213 e. The van der Waals surface area contributed by atoms with E-state index in [2.05, 4.69) is 10.1 Å². The molecule has 0 unspecified atom stereocenters. The van der Waals surface area contributed by atoms with Crippen molar-refractivity contribution in [3.8, 4) is 10.6 Å². The van der Waals surface area contributed by atoms with E-state index in [1.54, 1.807) is 21.4 Å². The minimum absolute atomic E-state index is 0.522. The van der Waals surface area contributed by atoms with Crippen LogP contribution >= 0.6 is 22.7 Å². The fraction of sp³-hybridized carbons (Fsp3) is 0. The van der Waals surface area contributed by atoms with Gasteiger partial charge in [-0.3, -0.25) is 4.79 Å². The van der Waals surface area contributed by atoms with Crippen LogP contribution in [0, 0.1) is 0 Å². The number of rotatable bonds is 2. The second kappa shape index (κ2) is 3.25. The molecule has 3 aromatic heterocycles. The standard InChI is InChI=1S/C9H5N3OS2/c13-4-6-8(7-2-1-3-14-7)11-9-12(6)10-5-15-9/h1-5H. The second-order valence-electron chi connectivity index (χ2n) is 2.87. The minimum atomic E-state index is 0.522. The molecule has 0 saturated carbocycles. The first-order valence-electron chi connectivity index (χ1n) is 4.21. The van der Waals surface area contributed by atoms with Gasteiger partial charge in [-0.1, -0.05) is 17.4 Å². The van der Waals surface area contributed by atoms with Crippen LogP contribution in [0.1, 0.15) is 10.5 Å². The van der Waals surface area contributed by atoms with E-state index in [4.69, 9.17) is 0 Å². The Morgan fingerprint density at radius 2 is 2.33 bits per heavy atom. The van der Waals surface area contributed by atoms with Gasteiger partial charge in [-0.25, -0.2) is 4.98 Å². The Bertz CT molecular complexity index is 608. The molecule has 3 rings (SSSR count). The number of carbonyl (C=O) groups excluding carboxylic acids is 1. The normalized spacial score (nSPS) is 10.9. The lowest BCUT2D eigenvalue weighted by Gasteiger charge is -1.91. The average Bonchev–Trinajstić information content (AvgIpc) is 2.93. The number of aldehydes is 1. The summed E-state index contributed by atoms with van der Waals surface area (Å²) in [6.07, 6.45) is 0.800. The molecule has 0 aliphatic heterocycles. The van der Waals surface area contributed by atoms with Crippen LogP contribution in [0.4, 0.5) is 0 Å². The summed E-state index contributed by atoms with van der Waals surface area (Å²) in [7, 11) is 0. The van der Waals surface area contributed by atoms with Gasteiger partial charge in [-0.15, -0.1) is 11.3 Å². The molecule has 74 valence electrons. The van der Waals surface area contributed by atoms with Crippen LogP contribution in [0.2, 0.25) is 0 Å². The summed E-state index contributed by atoms with van der Waals surface area (Å²) in [5.41, 5.74) is 2.92. The van der Waals surface area contributed by atoms with Crippen LogP contribution in [-0.4, -0.2) is 20.9 Å². The molecule has 3 heterocycles. The van der Waals surface area contributed by atoms with Crippen molar-refractivity contribution in [1.29, 1.82) is 0 Å². The predicted octanol–water partition coefficient (Wildman–Crippen LogP) is 2.33. The number of imidazole rings is 1. The summed E-state index contributed by atoms with van der Waals surface area (Å²) in [6, 6.07) is 3.89. The van der Waals surface area contributed by atoms with E-state index >= 15 is 0 Å². The first kappa shape index (κ1) is 8.75. The summed E-state index contributed by atoms with van der Waals surface area (Å²) in [5, 5.41) is 6.03. The zero-order chi connectivity index (χ0) is 10.3. The molecular weight excluding hydrogens is 230 g/mol. The Hall–Kier alpha value is -1.53. The lowest BCUT2D eigenvalue weighted by molar-refractivity contribution is 0.111. The van der Waals surface area contributed by atoms with Crippen molar-refractivity contribution in [3.05, 3.63) is 28.7 Å². The van der Waals surface area contributed by atoms with Crippen LogP contribution in [-0.2, 0) is 0 Å². The van der Waals surface area contributed by atoms with Crippen molar-refractivity contribution in [2.75, 3.05) is 0 Å². The predicted molar refractivity (Wildman–Crippen MR) is 59.6 cm³/mol. The molecule has 4 nitrogen and oxygen atoms in total. The summed E-state index contributed by atoms with van der Waals surface area (Å²) >= 11 is 2.99. The highest BCUT2D eigenvalue weighted by molar-refractivity contribution is 7.15. The zero-order valence-electron chi connectivity index (χ0n) is 7.45. The molecule has 0 fully saturated rings. The molecule has 0 radical (unpaired) electrons. The number of nitrogens with zero attached hydrogens (tertiary/aromatic N) is 3. The van der Waals surface area contributed by atoms with Gasteiger partial charge < -0.3 is 0 Å². The maximum absolute atomic E-state index is 11.0. The van der Waals surface area contributed by atoms with Gasteiger partial charge in [0.2, 0.25) is 4.96 Å². The Balaban J connectivity index is 2.35. The lowest BCUT2D eigenvalue weighted by atomic mass is 10.3. The molecule has 0 aromatic carbocycles. The summed E-state index contributed by atoms with van der Waals surface area (Å²) < 4.78 is 1.58. The number of hydrogen-bond acceptors (Lipinski definition) is 5. The SMILES string of the molecule is O=Cc1c(-c2cccs2)nc2scnn12. The van der Waals surface area contributed by atoms with Crippen molar-refractivity contribution in [2.45, 2.75) is 0 Å². The first-order valence-corrected chi connectivity index (χ1v) is 5.97. The van der Waals surface area contributed by atoms with Crippen LogP contribution < -0.4 is 0 Å². The molecule has 15 heavy (non-hydrogen) atoms. The fourth-order valence-electron chi connectivity index (χ4n) is 1.41. The van der Waals surface area contributed by atoms with Gasteiger partial charge in [-0.2, -0.15) is 9.61 Å². The molecule has 0 spiro atoms. The molecule has 0 saturated heterocycles. The average molecular weight is 235 g/mol. The van der Waals surface area contributed by atoms with Crippen molar-refractivity contribution in [1.82, 2.24) is 14.6 Å². The van der Waals surface area contributed by atoms with Crippen LogP contribution in [0.25, 0.3) is 15.5 Å². The maximum atomic E-state index is 11.0. The molecule has 0 atom stereocenters. The van der Waals surface area contributed by atoms with Crippen LogP contribution in [0.5, 0.6) is 0 Å². The van der Waals surface area contributed by atoms with E-state index in [0.29, 0.717) is 5.69 Å². The Labute approximate surface area is 92.8 Å². The molecule has 6 heteroatoms. The molecule has 0 aliphatic rings. The molecular formula is C9H5N3OS2. The van der Waals surface area contributed by atoms with Crippen molar-refractivity contribution in [2.24, 2.45) is 0 Å². The molecule has 0 bridgehead atoms. The third-order valence-electron chi connectivity index (χ3n) is 2.05. The zero-order valence-corrected chi connectivity index (χ0v) is 9.09. The van der Waals surface area contributed by atoms with Gasteiger partial charge in [0.05, 0.1) is 4.88 Å². The number of thiophene rings is 1. The number of fused-ring (bicyclic) bond motifs is 1. The van der Waals surface area contributed by atoms with Gasteiger partial charge >= 0.3 is 0 Å². The highest BCUT2D eigenvalue weighted by Gasteiger charge is 2.15. The largest absolute Gasteiger partial charge is 0.296 e. The smallest absolute Gasteiger partial charge is 0.213 e. The molecule has 0 aliphatic carbocycles. The third kappa shape index (κ3) is 1.22. The number of hydrogen-bond donors (Lipinski definition) is 0. The van der Waals surface area contributed by atoms with Crippen LogP contribution in [0.3, 0.4) is 0 Å². The van der Waals surface area contributed by atoms with Gasteiger partial charge in [0.15, 0.2) is 6.29 Å². The van der Waals surface area contributed by atoms with E-state index < -0.39 is 0 Å². The van der Waals surface area contributed by atoms with Gasteiger partial charge in [0.1, 0.15) is 16.9 Å². The fourth-order valence-corrected chi connectivity index (χ4v) is 2.76. The van der Waals surface area contributed by atoms with Gasteiger partial charge in [0, 0.05) is 0 Å². The first-order chi connectivity index (χ1) is 7.40. The number of carbonyl (C=O) groups is 1. The van der Waals surface area contributed by atoms with Crippen molar-refractivity contribution in [3.63, 3.8) is 0 Å². The Kier molecular flexibility index (Phi) is 1.90. The molecule has 3 aromatic rings. The van der Waals surface area contributed by atoms with E-state index in [-0.39, 0.29) is 0 Å². The van der Waals surface area contributed by atoms with Crippen molar-refractivity contribution < 1.29 is 4.79 Å². The third-order valence-corrected chi connectivity index (χ3v) is 3.60. The highest BCUT2D eigenvalue weighted by atomic mass is 32.1. The topological polar surface area (TPSA) is 47.3 Å². The van der Waals surface area contributed by atoms with Crippen LogP contribution in [0.15, 0.2) is 23.0 Å². The quantitative estimate of drug-likeness (QED) is 0.640. The molecule has 0 N–H and O–H groups in total. The summed E-state index contributed by atoms with van der Waals surface area (Å²) in [6.45, 7) is 0. The van der Waals surface area contributed by atoms with E-state index in [1.165, 1.54) is 11.3 Å². The van der Waals surface area contributed by atoms with E-state index in [0.717, 1.165) is 21.8 Å². The number of aromatic nitrogens is 3. The minimum Gasteiger partial charge on any atom is -0.296 e. The Morgan fingerprint density at radius 1 is 1.40 bits per heavy atom. The van der Waals surface area contributed by atoms with E-state index in [9.17, 15) is 4.79 Å². The highest BCUT2D eigenvalue weighted by Crippen LogP contribution is 2.27. The van der Waals surface area contributed by atoms with Crippen molar-refractivity contribution >= 4 is 33.9 Å². The lowest BCUT2D eigenvalue weighted by Crippen LogP contribution is -1.91.